The molecule has 3 heteroatoms. The summed E-state index contributed by atoms with van der Waals surface area (Å²) in [6.07, 6.45) is 0.809. The van der Waals surface area contributed by atoms with Crippen LogP contribution < -0.4 is 5.73 Å². The van der Waals surface area contributed by atoms with Crippen LogP contribution in [0.2, 0.25) is 5.02 Å². The van der Waals surface area contributed by atoms with E-state index in [1.807, 2.05) is 24.3 Å². The lowest BCUT2D eigenvalue weighted by molar-refractivity contribution is 0.622. The topological polar surface area (TPSA) is 26.0 Å². The second-order valence-corrected chi connectivity index (χ2v) is 5.03. The average molecular weight is 262 g/mol. The van der Waals surface area contributed by atoms with Crippen molar-refractivity contribution in [2.45, 2.75) is 12.3 Å². The molecule has 0 bridgehead atoms. The van der Waals surface area contributed by atoms with Gasteiger partial charge >= 0.3 is 0 Å². The Hall–Kier alpha value is -1.38. The van der Waals surface area contributed by atoms with E-state index < -0.39 is 0 Å². The van der Waals surface area contributed by atoms with Gasteiger partial charge < -0.3 is 5.73 Å². The summed E-state index contributed by atoms with van der Waals surface area (Å²) in [4.78, 5) is 0. The highest BCUT2D eigenvalue weighted by atomic mass is 35.5. The molecular formula is C15H13ClFN. The van der Waals surface area contributed by atoms with Crippen LogP contribution in [0.1, 0.15) is 23.5 Å². The predicted molar refractivity (Wildman–Crippen MR) is 72.4 cm³/mol. The Balaban J connectivity index is 2.22. The molecular weight excluding hydrogens is 249 g/mol. The van der Waals surface area contributed by atoms with Crippen LogP contribution in [0.3, 0.4) is 0 Å². The van der Waals surface area contributed by atoms with Crippen molar-refractivity contribution in [3.63, 3.8) is 0 Å². The van der Waals surface area contributed by atoms with Gasteiger partial charge in [0.25, 0.3) is 0 Å². The first-order valence-corrected chi connectivity index (χ1v) is 6.38. The fourth-order valence-electron chi connectivity index (χ4n) is 2.78. The zero-order valence-corrected chi connectivity index (χ0v) is 10.5. The molecule has 0 aliphatic heterocycles. The van der Waals surface area contributed by atoms with E-state index in [1.165, 1.54) is 6.07 Å². The van der Waals surface area contributed by atoms with E-state index in [1.54, 1.807) is 6.07 Å². The maximum absolute atomic E-state index is 13.4. The Morgan fingerprint density at radius 3 is 2.44 bits per heavy atom. The molecule has 18 heavy (non-hydrogen) atoms. The molecule has 2 N–H and O–H groups in total. The van der Waals surface area contributed by atoms with E-state index >= 15 is 0 Å². The van der Waals surface area contributed by atoms with Crippen LogP contribution >= 0.6 is 11.6 Å². The molecule has 0 radical (unpaired) electrons. The SMILES string of the molecule is NCCC1c2cc(F)ccc2-c2ccc(Cl)cc21. The van der Waals surface area contributed by atoms with E-state index in [0.29, 0.717) is 11.6 Å². The molecule has 1 unspecified atom stereocenters. The molecule has 1 aliphatic carbocycles. The molecule has 0 saturated heterocycles. The van der Waals surface area contributed by atoms with Crippen LogP contribution in [0.5, 0.6) is 0 Å². The molecule has 1 aliphatic rings. The summed E-state index contributed by atoms with van der Waals surface area (Å²) in [6, 6.07) is 10.8. The van der Waals surface area contributed by atoms with Crippen molar-refractivity contribution in [3.8, 4) is 11.1 Å². The highest BCUT2D eigenvalue weighted by Gasteiger charge is 2.28. The van der Waals surface area contributed by atoms with Crippen LogP contribution in [0.4, 0.5) is 4.39 Å². The number of hydrogen-bond acceptors (Lipinski definition) is 1. The minimum absolute atomic E-state index is 0.161. The highest BCUT2D eigenvalue weighted by Crippen LogP contribution is 2.47. The van der Waals surface area contributed by atoms with E-state index in [0.717, 1.165) is 28.7 Å². The summed E-state index contributed by atoms with van der Waals surface area (Å²) in [5, 5.41) is 0.712. The molecule has 0 heterocycles. The van der Waals surface area contributed by atoms with Gasteiger partial charge in [-0.2, -0.15) is 0 Å². The average Bonchev–Trinajstić information content (AvgIpc) is 2.63. The van der Waals surface area contributed by atoms with E-state index in [9.17, 15) is 4.39 Å². The van der Waals surface area contributed by atoms with Crippen molar-refractivity contribution in [3.05, 3.63) is 58.4 Å². The van der Waals surface area contributed by atoms with Crippen molar-refractivity contribution in [1.82, 2.24) is 0 Å². The van der Waals surface area contributed by atoms with E-state index in [4.69, 9.17) is 17.3 Å². The quantitative estimate of drug-likeness (QED) is 0.871. The van der Waals surface area contributed by atoms with Gasteiger partial charge in [-0.15, -0.1) is 0 Å². The van der Waals surface area contributed by atoms with Crippen molar-refractivity contribution in [1.29, 1.82) is 0 Å². The molecule has 3 rings (SSSR count). The lowest BCUT2D eigenvalue weighted by Crippen LogP contribution is -2.06. The van der Waals surface area contributed by atoms with Crippen LogP contribution in [0.25, 0.3) is 11.1 Å². The first-order valence-electron chi connectivity index (χ1n) is 6.00. The van der Waals surface area contributed by atoms with Gasteiger partial charge in [-0.05, 0) is 59.5 Å². The van der Waals surface area contributed by atoms with Gasteiger partial charge in [0.1, 0.15) is 5.82 Å². The summed E-state index contributed by atoms with van der Waals surface area (Å²) in [5.41, 5.74) is 10.1. The van der Waals surface area contributed by atoms with Gasteiger partial charge in [-0.25, -0.2) is 4.39 Å². The molecule has 0 aromatic heterocycles. The van der Waals surface area contributed by atoms with Gasteiger partial charge in [0, 0.05) is 10.9 Å². The first-order chi connectivity index (χ1) is 8.70. The van der Waals surface area contributed by atoms with Crippen molar-refractivity contribution < 1.29 is 4.39 Å². The van der Waals surface area contributed by atoms with Gasteiger partial charge in [-0.3, -0.25) is 0 Å². The lowest BCUT2D eigenvalue weighted by atomic mass is 9.94. The monoisotopic (exact) mass is 261 g/mol. The van der Waals surface area contributed by atoms with Crippen LogP contribution in [-0.4, -0.2) is 6.54 Å². The zero-order chi connectivity index (χ0) is 12.7. The Bertz CT molecular complexity index is 558. The standard InChI is InChI=1S/C15H13ClFN/c16-9-1-3-11-12-4-2-10(17)8-15(12)13(5-6-18)14(11)7-9/h1-4,7-8,13H,5-6,18H2. The Kier molecular flexibility index (Phi) is 2.84. The third-order valence-electron chi connectivity index (χ3n) is 3.52. The molecule has 0 spiro atoms. The van der Waals surface area contributed by atoms with Crippen molar-refractivity contribution in [2.75, 3.05) is 6.54 Å². The summed E-state index contributed by atoms with van der Waals surface area (Å²) in [7, 11) is 0. The fraction of sp³-hybridized carbons (Fsp3) is 0.200. The van der Waals surface area contributed by atoms with Crippen LogP contribution in [0, 0.1) is 5.82 Å². The van der Waals surface area contributed by atoms with E-state index in [-0.39, 0.29) is 11.7 Å². The summed E-state index contributed by atoms with van der Waals surface area (Å²) in [6.45, 7) is 0.576. The number of hydrogen-bond donors (Lipinski definition) is 1. The van der Waals surface area contributed by atoms with Crippen LogP contribution in [0.15, 0.2) is 36.4 Å². The summed E-state index contributed by atoms with van der Waals surface area (Å²) < 4.78 is 13.4. The van der Waals surface area contributed by atoms with Gasteiger partial charge in [-0.1, -0.05) is 23.7 Å². The summed E-state index contributed by atoms with van der Waals surface area (Å²) >= 11 is 6.06. The molecule has 2 aromatic rings. The molecule has 92 valence electrons. The third-order valence-corrected chi connectivity index (χ3v) is 3.76. The minimum atomic E-state index is -0.199. The molecule has 1 nitrogen and oxygen atoms in total. The zero-order valence-electron chi connectivity index (χ0n) is 9.79. The maximum Gasteiger partial charge on any atom is 0.123 e. The Labute approximate surface area is 110 Å². The number of halogens is 2. The molecule has 2 aromatic carbocycles. The predicted octanol–water partition coefficient (Wildman–Crippen LogP) is 3.94. The first kappa shape index (κ1) is 11.7. The van der Waals surface area contributed by atoms with Crippen molar-refractivity contribution >= 4 is 11.6 Å². The molecule has 0 fully saturated rings. The maximum atomic E-state index is 13.4. The van der Waals surface area contributed by atoms with Gasteiger partial charge in [0.2, 0.25) is 0 Å². The number of fused-ring (bicyclic) bond motifs is 3. The largest absolute Gasteiger partial charge is 0.330 e. The van der Waals surface area contributed by atoms with E-state index in [2.05, 4.69) is 0 Å². The minimum Gasteiger partial charge on any atom is -0.330 e. The van der Waals surface area contributed by atoms with Crippen LogP contribution in [-0.2, 0) is 0 Å². The van der Waals surface area contributed by atoms with Gasteiger partial charge in [0.15, 0.2) is 0 Å². The number of benzene rings is 2. The molecule has 1 atom stereocenters. The highest BCUT2D eigenvalue weighted by molar-refractivity contribution is 6.30. The summed E-state index contributed by atoms with van der Waals surface area (Å²) in [5.74, 6) is -0.0379. The third kappa shape index (κ3) is 1.73. The van der Waals surface area contributed by atoms with Gasteiger partial charge in [0.05, 0.1) is 0 Å². The molecule has 0 amide bonds. The second kappa shape index (κ2) is 4.38. The lowest BCUT2D eigenvalue weighted by Gasteiger charge is -2.12. The fourth-order valence-corrected chi connectivity index (χ4v) is 2.96. The number of rotatable bonds is 2. The second-order valence-electron chi connectivity index (χ2n) is 4.59. The normalized spacial score (nSPS) is 16.5. The number of nitrogens with two attached hydrogens (primary N) is 1. The molecule has 0 saturated carbocycles. The van der Waals surface area contributed by atoms with Crippen molar-refractivity contribution in [2.24, 2.45) is 5.73 Å². The smallest absolute Gasteiger partial charge is 0.123 e. The Morgan fingerprint density at radius 2 is 1.72 bits per heavy atom. The Morgan fingerprint density at radius 1 is 1.06 bits per heavy atom.